The van der Waals surface area contributed by atoms with Gasteiger partial charge in [0, 0.05) is 19.1 Å². The summed E-state index contributed by atoms with van der Waals surface area (Å²) in [6.45, 7) is 3.51. The maximum Gasteiger partial charge on any atom is 0.137 e. The first kappa shape index (κ1) is 8.65. The molecule has 0 amide bonds. The lowest BCUT2D eigenvalue weighted by molar-refractivity contribution is 0.0725. The van der Waals surface area contributed by atoms with Crippen LogP contribution in [0.3, 0.4) is 0 Å². The van der Waals surface area contributed by atoms with Crippen LogP contribution in [0.1, 0.15) is 6.42 Å². The minimum atomic E-state index is 0.470. The fraction of sp³-hybridized carbons (Fsp3) is 0.750. The number of rotatable bonds is 3. The van der Waals surface area contributed by atoms with Crippen LogP contribution >= 0.6 is 0 Å². The predicted molar refractivity (Wildman–Crippen MR) is 47.2 cm³/mol. The number of ether oxygens (including phenoxy) is 1. The van der Waals surface area contributed by atoms with Gasteiger partial charge in [0.2, 0.25) is 0 Å². The second-order valence-corrected chi connectivity index (χ2v) is 3.17. The third-order valence-corrected chi connectivity index (χ3v) is 2.17. The topological polar surface area (TPSA) is 52.0 Å². The van der Waals surface area contributed by atoms with Gasteiger partial charge in [0.05, 0.1) is 13.2 Å². The van der Waals surface area contributed by atoms with Gasteiger partial charge in [-0.15, -0.1) is 0 Å². The summed E-state index contributed by atoms with van der Waals surface area (Å²) in [5, 5.41) is 7.43. The SMILES string of the molecule is c1ncn(CCC2COCCN2)n1. The molecule has 0 radical (unpaired) electrons. The summed E-state index contributed by atoms with van der Waals surface area (Å²) in [4.78, 5) is 3.89. The molecule has 1 saturated heterocycles. The zero-order valence-electron chi connectivity index (χ0n) is 7.52. The Kier molecular flexibility index (Phi) is 2.89. The third kappa shape index (κ3) is 2.50. The number of aryl methyl sites for hydroxylation is 1. The molecule has 0 aromatic carbocycles. The first-order chi connectivity index (χ1) is 6.45. The van der Waals surface area contributed by atoms with Crippen LogP contribution in [-0.2, 0) is 11.3 Å². The molecule has 0 aliphatic carbocycles. The molecule has 0 saturated carbocycles. The lowest BCUT2D eigenvalue weighted by atomic mass is 10.2. The minimum absolute atomic E-state index is 0.470. The van der Waals surface area contributed by atoms with Crippen molar-refractivity contribution < 1.29 is 4.74 Å². The average Bonchev–Trinajstić information content (AvgIpc) is 2.69. The molecule has 5 nitrogen and oxygen atoms in total. The van der Waals surface area contributed by atoms with E-state index in [2.05, 4.69) is 15.4 Å². The Labute approximate surface area is 77.1 Å². The molecule has 72 valence electrons. The largest absolute Gasteiger partial charge is 0.379 e. The zero-order chi connectivity index (χ0) is 8.93. The van der Waals surface area contributed by atoms with Gasteiger partial charge in [0.15, 0.2) is 0 Å². The smallest absolute Gasteiger partial charge is 0.137 e. The molecule has 1 atom stereocenters. The number of nitrogens with one attached hydrogen (secondary N) is 1. The van der Waals surface area contributed by atoms with E-state index in [4.69, 9.17) is 4.74 Å². The van der Waals surface area contributed by atoms with Gasteiger partial charge in [0.25, 0.3) is 0 Å². The van der Waals surface area contributed by atoms with Crippen LogP contribution in [0.15, 0.2) is 12.7 Å². The van der Waals surface area contributed by atoms with Crippen molar-refractivity contribution in [3.05, 3.63) is 12.7 Å². The zero-order valence-corrected chi connectivity index (χ0v) is 7.52. The number of morpholine rings is 1. The standard InChI is InChI=1S/C8H14N4O/c1(3-12-7-9-6-11-12)8-5-13-4-2-10-8/h6-8,10H,1-5H2. The van der Waals surface area contributed by atoms with E-state index in [0.717, 1.165) is 32.7 Å². The predicted octanol–water partition coefficient (Wildman–Crippen LogP) is -0.343. The molecule has 2 heterocycles. The van der Waals surface area contributed by atoms with Gasteiger partial charge in [-0.05, 0) is 6.42 Å². The summed E-state index contributed by atoms with van der Waals surface area (Å²) in [5.74, 6) is 0. The third-order valence-electron chi connectivity index (χ3n) is 2.17. The summed E-state index contributed by atoms with van der Waals surface area (Å²) >= 11 is 0. The van der Waals surface area contributed by atoms with Crippen LogP contribution in [0.25, 0.3) is 0 Å². The van der Waals surface area contributed by atoms with Crippen molar-refractivity contribution in [1.82, 2.24) is 20.1 Å². The highest BCUT2D eigenvalue weighted by Crippen LogP contribution is 1.99. The van der Waals surface area contributed by atoms with Crippen molar-refractivity contribution in [1.29, 1.82) is 0 Å². The Balaban J connectivity index is 1.72. The molecular formula is C8H14N4O. The summed E-state index contributed by atoms with van der Waals surface area (Å²) in [5.41, 5.74) is 0. The van der Waals surface area contributed by atoms with Crippen molar-refractivity contribution in [2.75, 3.05) is 19.8 Å². The second kappa shape index (κ2) is 4.34. The Hall–Kier alpha value is -0.940. The van der Waals surface area contributed by atoms with E-state index in [9.17, 15) is 0 Å². The first-order valence-corrected chi connectivity index (χ1v) is 4.59. The van der Waals surface area contributed by atoms with E-state index < -0.39 is 0 Å². The van der Waals surface area contributed by atoms with Crippen LogP contribution in [-0.4, -0.2) is 40.6 Å². The molecule has 1 N–H and O–H groups in total. The Morgan fingerprint density at radius 1 is 1.62 bits per heavy atom. The lowest BCUT2D eigenvalue weighted by Gasteiger charge is -2.23. The van der Waals surface area contributed by atoms with Gasteiger partial charge in [0.1, 0.15) is 12.7 Å². The van der Waals surface area contributed by atoms with Crippen LogP contribution in [0.4, 0.5) is 0 Å². The van der Waals surface area contributed by atoms with Crippen LogP contribution in [0.2, 0.25) is 0 Å². The lowest BCUT2D eigenvalue weighted by Crippen LogP contribution is -2.41. The summed E-state index contributed by atoms with van der Waals surface area (Å²) in [7, 11) is 0. The molecule has 13 heavy (non-hydrogen) atoms. The van der Waals surface area contributed by atoms with E-state index in [1.165, 1.54) is 0 Å². The van der Waals surface area contributed by atoms with Gasteiger partial charge in [-0.25, -0.2) is 4.98 Å². The molecular weight excluding hydrogens is 168 g/mol. The fourth-order valence-corrected chi connectivity index (χ4v) is 1.44. The minimum Gasteiger partial charge on any atom is -0.379 e. The normalized spacial score (nSPS) is 23.2. The molecule has 0 bridgehead atoms. The number of hydrogen-bond acceptors (Lipinski definition) is 4. The summed E-state index contributed by atoms with van der Waals surface area (Å²) in [6.07, 6.45) is 4.35. The molecule has 1 aliphatic rings. The maximum absolute atomic E-state index is 5.34. The second-order valence-electron chi connectivity index (χ2n) is 3.17. The summed E-state index contributed by atoms with van der Waals surface area (Å²) in [6, 6.07) is 0.470. The molecule has 1 unspecified atom stereocenters. The highest BCUT2D eigenvalue weighted by molar-refractivity contribution is 4.70. The number of nitrogens with zero attached hydrogens (tertiary/aromatic N) is 3. The fourth-order valence-electron chi connectivity index (χ4n) is 1.44. The van der Waals surface area contributed by atoms with Crippen LogP contribution in [0.5, 0.6) is 0 Å². The van der Waals surface area contributed by atoms with E-state index in [0.29, 0.717) is 6.04 Å². The van der Waals surface area contributed by atoms with Crippen molar-refractivity contribution in [2.24, 2.45) is 0 Å². The Morgan fingerprint density at radius 3 is 3.31 bits per heavy atom. The molecule has 0 spiro atoms. The number of hydrogen-bond donors (Lipinski definition) is 1. The van der Waals surface area contributed by atoms with Crippen molar-refractivity contribution in [3.8, 4) is 0 Å². The first-order valence-electron chi connectivity index (χ1n) is 4.59. The number of aromatic nitrogens is 3. The Bertz CT molecular complexity index is 230. The molecule has 1 fully saturated rings. The van der Waals surface area contributed by atoms with E-state index in [1.54, 1.807) is 12.7 Å². The van der Waals surface area contributed by atoms with Crippen molar-refractivity contribution in [3.63, 3.8) is 0 Å². The van der Waals surface area contributed by atoms with Gasteiger partial charge in [-0.3, -0.25) is 4.68 Å². The van der Waals surface area contributed by atoms with Gasteiger partial charge < -0.3 is 10.1 Å². The highest BCUT2D eigenvalue weighted by atomic mass is 16.5. The molecule has 2 rings (SSSR count). The molecule has 1 aromatic rings. The van der Waals surface area contributed by atoms with Gasteiger partial charge in [-0.2, -0.15) is 5.10 Å². The summed E-state index contributed by atoms with van der Waals surface area (Å²) < 4.78 is 7.19. The van der Waals surface area contributed by atoms with Crippen LogP contribution < -0.4 is 5.32 Å². The highest BCUT2D eigenvalue weighted by Gasteiger charge is 2.12. The quantitative estimate of drug-likeness (QED) is 0.694. The molecule has 1 aliphatic heterocycles. The Morgan fingerprint density at radius 2 is 2.62 bits per heavy atom. The van der Waals surface area contributed by atoms with E-state index in [1.807, 2.05) is 4.68 Å². The monoisotopic (exact) mass is 182 g/mol. The van der Waals surface area contributed by atoms with E-state index >= 15 is 0 Å². The van der Waals surface area contributed by atoms with E-state index in [-0.39, 0.29) is 0 Å². The molecule has 5 heteroatoms. The van der Waals surface area contributed by atoms with Crippen molar-refractivity contribution >= 4 is 0 Å². The van der Waals surface area contributed by atoms with Gasteiger partial charge >= 0.3 is 0 Å². The van der Waals surface area contributed by atoms with Crippen LogP contribution in [0, 0.1) is 0 Å². The molecule has 1 aromatic heterocycles. The van der Waals surface area contributed by atoms with Crippen molar-refractivity contribution in [2.45, 2.75) is 19.0 Å². The van der Waals surface area contributed by atoms with Gasteiger partial charge in [-0.1, -0.05) is 0 Å². The average molecular weight is 182 g/mol. The maximum atomic E-state index is 5.34.